The fourth-order valence-electron chi connectivity index (χ4n) is 3.70. The summed E-state index contributed by atoms with van der Waals surface area (Å²) in [6.45, 7) is 8.15. The highest BCUT2D eigenvalue weighted by atomic mass is 127. The zero-order chi connectivity index (χ0) is 17.6. The van der Waals surface area contributed by atoms with Crippen LogP contribution in [0.5, 0.6) is 0 Å². The lowest BCUT2D eigenvalue weighted by Crippen LogP contribution is -2.48. The second-order valence-electron chi connectivity index (χ2n) is 7.22. The van der Waals surface area contributed by atoms with Crippen molar-refractivity contribution < 1.29 is 5.11 Å². The largest absolute Gasteiger partial charge is 0.393 e. The standard InChI is InChI=1S/C18H31N5OS.HI/c1-14-21-16(13-25-14)12-22-7-3-15(4-8-22)11-20-18(19-2)23-9-5-17(24)6-10-23;/h13,15,17,24H,3-12H2,1-2H3,(H,19,20);1H. The van der Waals surface area contributed by atoms with E-state index < -0.39 is 0 Å². The molecule has 0 bridgehead atoms. The van der Waals surface area contributed by atoms with Gasteiger partial charge in [-0.2, -0.15) is 0 Å². The van der Waals surface area contributed by atoms with Crippen LogP contribution in [0.4, 0.5) is 0 Å². The average Bonchev–Trinajstić information content (AvgIpc) is 3.03. The number of nitrogens with one attached hydrogen (secondary N) is 1. The van der Waals surface area contributed by atoms with E-state index in [9.17, 15) is 5.11 Å². The second-order valence-corrected chi connectivity index (χ2v) is 8.29. The monoisotopic (exact) mass is 493 g/mol. The molecule has 0 aromatic carbocycles. The van der Waals surface area contributed by atoms with E-state index in [0.717, 1.165) is 63.1 Å². The topological polar surface area (TPSA) is 64.0 Å². The van der Waals surface area contributed by atoms with Gasteiger partial charge in [-0.3, -0.25) is 9.89 Å². The first kappa shape index (κ1) is 21.8. The molecule has 0 spiro atoms. The number of aliphatic imine (C=N–C) groups is 1. The van der Waals surface area contributed by atoms with Crippen LogP contribution in [0.2, 0.25) is 0 Å². The molecule has 2 fully saturated rings. The summed E-state index contributed by atoms with van der Waals surface area (Å²) in [4.78, 5) is 13.8. The van der Waals surface area contributed by atoms with Gasteiger partial charge in [-0.15, -0.1) is 35.3 Å². The van der Waals surface area contributed by atoms with Crippen molar-refractivity contribution >= 4 is 41.3 Å². The van der Waals surface area contributed by atoms with Crippen LogP contribution in [0.1, 0.15) is 36.4 Å². The van der Waals surface area contributed by atoms with Crippen molar-refractivity contribution in [3.05, 3.63) is 16.1 Å². The number of nitrogens with zero attached hydrogens (tertiary/aromatic N) is 4. The molecule has 0 atom stereocenters. The number of rotatable bonds is 4. The van der Waals surface area contributed by atoms with Crippen molar-refractivity contribution in [1.29, 1.82) is 0 Å². The lowest BCUT2D eigenvalue weighted by atomic mass is 9.96. The normalized spacial score (nSPS) is 20.9. The van der Waals surface area contributed by atoms with Gasteiger partial charge in [0.2, 0.25) is 0 Å². The maximum absolute atomic E-state index is 9.65. The first-order valence-electron chi connectivity index (χ1n) is 9.41. The number of thiazole rings is 1. The Morgan fingerprint density at radius 2 is 1.96 bits per heavy atom. The molecule has 2 aliphatic rings. The maximum atomic E-state index is 9.65. The van der Waals surface area contributed by atoms with Gasteiger partial charge >= 0.3 is 0 Å². The lowest BCUT2D eigenvalue weighted by Gasteiger charge is -2.35. The summed E-state index contributed by atoms with van der Waals surface area (Å²) >= 11 is 1.74. The zero-order valence-electron chi connectivity index (χ0n) is 15.9. The van der Waals surface area contributed by atoms with Gasteiger partial charge in [-0.05, 0) is 51.6 Å². The molecule has 1 aromatic heterocycles. The van der Waals surface area contributed by atoms with Gasteiger partial charge in [0.05, 0.1) is 16.8 Å². The third-order valence-corrected chi connectivity index (χ3v) is 6.11. The Bertz CT molecular complexity index is 566. The van der Waals surface area contributed by atoms with E-state index in [0.29, 0.717) is 5.92 Å². The minimum Gasteiger partial charge on any atom is -0.393 e. The van der Waals surface area contributed by atoms with E-state index in [1.54, 1.807) is 11.3 Å². The van der Waals surface area contributed by atoms with Crippen molar-refractivity contribution in [2.24, 2.45) is 10.9 Å². The predicted molar refractivity (Wildman–Crippen MR) is 118 cm³/mol. The minimum absolute atomic E-state index is 0. The molecule has 0 aliphatic carbocycles. The molecule has 2 N–H and O–H groups in total. The number of aromatic nitrogens is 1. The molecule has 148 valence electrons. The number of piperidine rings is 2. The molecule has 0 saturated carbocycles. The van der Waals surface area contributed by atoms with Gasteiger partial charge in [0.1, 0.15) is 0 Å². The number of hydrogen-bond donors (Lipinski definition) is 2. The fraction of sp³-hybridized carbons (Fsp3) is 0.778. The summed E-state index contributed by atoms with van der Waals surface area (Å²) in [6, 6.07) is 0. The lowest BCUT2D eigenvalue weighted by molar-refractivity contribution is 0.107. The minimum atomic E-state index is -0.139. The molecule has 6 nitrogen and oxygen atoms in total. The number of hydrogen-bond acceptors (Lipinski definition) is 5. The van der Waals surface area contributed by atoms with Gasteiger partial charge in [0.15, 0.2) is 5.96 Å². The number of aliphatic hydroxyl groups is 1. The zero-order valence-corrected chi connectivity index (χ0v) is 19.0. The number of likely N-dealkylation sites (tertiary alicyclic amines) is 2. The molecule has 0 amide bonds. The second kappa shape index (κ2) is 10.8. The Labute approximate surface area is 178 Å². The summed E-state index contributed by atoms with van der Waals surface area (Å²) in [5.41, 5.74) is 1.21. The third-order valence-electron chi connectivity index (χ3n) is 5.28. The van der Waals surface area contributed by atoms with E-state index in [1.165, 1.54) is 18.5 Å². The molecule has 3 rings (SSSR count). The molecule has 1 aromatic rings. The van der Waals surface area contributed by atoms with E-state index >= 15 is 0 Å². The molecule has 0 unspecified atom stereocenters. The first-order valence-corrected chi connectivity index (χ1v) is 10.3. The predicted octanol–water partition coefficient (Wildman–Crippen LogP) is 2.31. The summed E-state index contributed by atoms with van der Waals surface area (Å²) in [7, 11) is 1.85. The summed E-state index contributed by atoms with van der Waals surface area (Å²) < 4.78 is 0. The molecule has 26 heavy (non-hydrogen) atoms. The number of halogens is 1. The van der Waals surface area contributed by atoms with Crippen LogP contribution in [-0.4, -0.2) is 71.7 Å². The third kappa shape index (κ3) is 6.31. The van der Waals surface area contributed by atoms with Crippen molar-refractivity contribution in [3.63, 3.8) is 0 Å². The Morgan fingerprint density at radius 1 is 1.27 bits per heavy atom. The van der Waals surface area contributed by atoms with Crippen LogP contribution in [0.15, 0.2) is 10.4 Å². The Balaban J connectivity index is 0.00000243. The fourth-order valence-corrected chi connectivity index (χ4v) is 4.31. The molecule has 3 heterocycles. The quantitative estimate of drug-likeness (QED) is 0.383. The van der Waals surface area contributed by atoms with Crippen LogP contribution in [0, 0.1) is 12.8 Å². The highest BCUT2D eigenvalue weighted by molar-refractivity contribution is 14.0. The summed E-state index contributed by atoms with van der Waals surface area (Å²) in [6.07, 6.45) is 4.00. The Kier molecular flexibility index (Phi) is 9.05. The highest BCUT2D eigenvalue weighted by Crippen LogP contribution is 2.19. The smallest absolute Gasteiger partial charge is 0.193 e. The van der Waals surface area contributed by atoms with Crippen LogP contribution in [0.25, 0.3) is 0 Å². The number of guanidine groups is 1. The van der Waals surface area contributed by atoms with Crippen LogP contribution in [-0.2, 0) is 6.54 Å². The van der Waals surface area contributed by atoms with Gasteiger partial charge in [-0.1, -0.05) is 0 Å². The van der Waals surface area contributed by atoms with Gasteiger partial charge in [0.25, 0.3) is 0 Å². The first-order chi connectivity index (χ1) is 12.1. The molecule has 0 radical (unpaired) electrons. The molecule has 2 saturated heterocycles. The average molecular weight is 493 g/mol. The molecule has 8 heteroatoms. The number of aliphatic hydroxyl groups excluding tert-OH is 1. The number of aryl methyl sites for hydroxylation is 1. The van der Waals surface area contributed by atoms with Crippen molar-refractivity contribution in [3.8, 4) is 0 Å². The van der Waals surface area contributed by atoms with E-state index in [-0.39, 0.29) is 30.1 Å². The summed E-state index contributed by atoms with van der Waals surface area (Å²) in [5, 5.41) is 16.5. The molecule has 2 aliphatic heterocycles. The SMILES string of the molecule is CN=C(NCC1CCN(Cc2csc(C)n2)CC1)N1CCC(O)CC1.I. The molecular formula is C18H32IN5OS. The Hall–Kier alpha value is -0.450. The van der Waals surface area contributed by atoms with Crippen molar-refractivity contribution in [2.75, 3.05) is 39.8 Å². The van der Waals surface area contributed by atoms with Crippen LogP contribution < -0.4 is 5.32 Å². The van der Waals surface area contributed by atoms with Crippen LogP contribution >= 0.6 is 35.3 Å². The highest BCUT2D eigenvalue weighted by Gasteiger charge is 2.23. The van der Waals surface area contributed by atoms with E-state index in [1.807, 2.05) is 7.05 Å². The Morgan fingerprint density at radius 3 is 2.54 bits per heavy atom. The van der Waals surface area contributed by atoms with Crippen LogP contribution in [0.3, 0.4) is 0 Å². The van der Waals surface area contributed by atoms with Crippen molar-refractivity contribution in [2.45, 2.75) is 45.3 Å². The molecular weight excluding hydrogens is 461 g/mol. The van der Waals surface area contributed by atoms with E-state index in [4.69, 9.17) is 0 Å². The van der Waals surface area contributed by atoms with Crippen molar-refractivity contribution in [1.82, 2.24) is 20.1 Å². The van der Waals surface area contributed by atoms with Gasteiger partial charge < -0.3 is 15.3 Å². The van der Waals surface area contributed by atoms with E-state index in [2.05, 4.69) is 37.4 Å². The maximum Gasteiger partial charge on any atom is 0.193 e. The van der Waals surface area contributed by atoms with Gasteiger partial charge in [0, 0.05) is 38.6 Å². The van der Waals surface area contributed by atoms with Gasteiger partial charge in [-0.25, -0.2) is 4.98 Å². The summed E-state index contributed by atoms with van der Waals surface area (Å²) in [5.74, 6) is 1.70.